The van der Waals surface area contributed by atoms with Crippen molar-refractivity contribution >= 4 is 40.0 Å². The van der Waals surface area contributed by atoms with Gasteiger partial charge in [0, 0.05) is 24.1 Å². The topological polar surface area (TPSA) is 73.3 Å². The Balaban J connectivity index is 2.11. The number of nitrogens with one attached hydrogen (secondary N) is 1. The first-order valence-corrected chi connectivity index (χ1v) is 7.86. The normalized spacial score (nSPS) is 10.7. The van der Waals surface area contributed by atoms with Crippen molar-refractivity contribution in [3.63, 3.8) is 0 Å². The van der Waals surface area contributed by atoms with Crippen molar-refractivity contribution in [3.05, 3.63) is 53.9 Å². The maximum Gasteiger partial charge on any atom is 0.308 e. The van der Waals surface area contributed by atoms with Gasteiger partial charge in [-0.2, -0.15) is 0 Å². The predicted octanol–water partition coefficient (Wildman–Crippen LogP) is 4.28. The van der Waals surface area contributed by atoms with Crippen LogP contribution in [0.4, 0.5) is 15.9 Å². The van der Waals surface area contributed by atoms with E-state index in [0.29, 0.717) is 33.7 Å². The van der Waals surface area contributed by atoms with Gasteiger partial charge in [-0.3, -0.25) is 4.79 Å². The van der Waals surface area contributed by atoms with Gasteiger partial charge in [0.1, 0.15) is 18.0 Å². The van der Waals surface area contributed by atoms with Crippen molar-refractivity contribution in [3.8, 4) is 11.5 Å². The quantitative estimate of drug-likeness (QED) is 0.542. The zero-order valence-electron chi connectivity index (χ0n) is 14.0. The fraction of sp³-hybridized carbons (Fsp3) is 0.111. The molecule has 0 saturated heterocycles. The minimum Gasteiger partial charge on any atom is -0.493 e. The minimum absolute atomic E-state index is 0.0412. The largest absolute Gasteiger partial charge is 0.493 e. The number of hydrogen-bond acceptors (Lipinski definition) is 6. The highest BCUT2D eigenvalue weighted by Crippen LogP contribution is 2.35. The second-order valence-corrected chi connectivity index (χ2v) is 5.79. The molecule has 0 aliphatic rings. The van der Waals surface area contributed by atoms with Crippen LogP contribution in [0.25, 0.3) is 10.9 Å². The van der Waals surface area contributed by atoms with Crippen LogP contribution in [0, 0.1) is 12.7 Å². The number of halogens is 2. The van der Waals surface area contributed by atoms with Crippen LogP contribution in [-0.4, -0.2) is 23.0 Å². The van der Waals surface area contributed by atoms with Crippen LogP contribution in [0.2, 0.25) is 5.02 Å². The molecule has 0 saturated carbocycles. The summed E-state index contributed by atoms with van der Waals surface area (Å²) >= 11 is 5.84. The number of nitrogens with zero attached hydrogens (tertiary/aromatic N) is 2. The summed E-state index contributed by atoms with van der Waals surface area (Å²) in [4.78, 5) is 19.7. The van der Waals surface area contributed by atoms with Crippen molar-refractivity contribution in [2.24, 2.45) is 0 Å². The smallest absolute Gasteiger partial charge is 0.308 e. The minimum atomic E-state index is -0.559. The highest BCUT2D eigenvalue weighted by Gasteiger charge is 2.14. The van der Waals surface area contributed by atoms with Gasteiger partial charge in [0.15, 0.2) is 11.5 Å². The molecule has 1 radical (unpaired) electrons. The summed E-state index contributed by atoms with van der Waals surface area (Å²) in [6, 6.07) is 5.86. The Kier molecular flexibility index (Phi) is 4.90. The van der Waals surface area contributed by atoms with Gasteiger partial charge in [-0.15, -0.1) is 0 Å². The number of hydrogen-bond donors (Lipinski definition) is 1. The number of benzene rings is 2. The van der Waals surface area contributed by atoms with Crippen LogP contribution in [0.15, 0.2) is 30.6 Å². The Morgan fingerprint density at radius 3 is 2.69 bits per heavy atom. The maximum atomic E-state index is 13.5. The van der Waals surface area contributed by atoms with Crippen molar-refractivity contribution in [2.75, 3.05) is 12.4 Å². The Morgan fingerprint density at radius 1 is 1.23 bits per heavy atom. The molecule has 3 aromatic rings. The number of carbonyl (C=O) groups is 1. The van der Waals surface area contributed by atoms with Crippen LogP contribution in [0.1, 0.15) is 12.5 Å². The Bertz CT molecular complexity index is 1010. The number of rotatable bonds is 4. The first-order valence-electron chi connectivity index (χ1n) is 7.48. The van der Waals surface area contributed by atoms with E-state index in [0.717, 1.165) is 0 Å². The van der Waals surface area contributed by atoms with E-state index in [9.17, 15) is 9.18 Å². The van der Waals surface area contributed by atoms with Gasteiger partial charge >= 0.3 is 5.97 Å². The van der Waals surface area contributed by atoms with Crippen LogP contribution in [0.5, 0.6) is 11.5 Å². The lowest BCUT2D eigenvalue weighted by atomic mass is 10.1. The van der Waals surface area contributed by atoms with Crippen LogP contribution in [-0.2, 0) is 4.79 Å². The third-order valence-corrected chi connectivity index (χ3v) is 3.86. The van der Waals surface area contributed by atoms with E-state index >= 15 is 0 Å². The molecular formula is C18H14ClFN3O3. The fourth-order valence-corrected chi connectivity index (χ4v) is 2.55. The third kappa shape index (κ3) is 3.52. The summed E-state index contributed by atoms with van der Waals surface area (Å²) in [6.07, 6.45) is 1.36. The molecule has 0 aliphatic carbocycles. The lowest BCUT2D eigenvalue weighted by molar-refractivity contribution is -0.132. The zero-order chi connectivity index (χ0) is 18.8. The molecule has 8 heteroatoms. The summed E-state index contributed by atoms with van der Waals surface area (Å²) in [5.41, 5.74) is 1.46. The highest BCUT2D eigenvalue weighted by molar-refractivity contribution is 6.31. The van der Waals surface area contributed by atoms with E-state index in [-0.39, 0.29) is 10.8 Å². The number of esters is 1. The number of carbonyl (C=O) groups excluding carboxylic acids is 1. The highest BCUT2D eigenvalue weighted by atomic mass is 35.5. The number of ether oxygens (including phenoxy) is 2. The average molecular weight is 375 g/mol. The van der Waals surface area contributed by atoms with Crippen molar-refractivity contribution in [2.45, 2.75) is 6.92 Å². The Labute approximate surface area is 153 Å². The van der Waals surface area contributed by atoms with Gasteiger partial charge in [0.2, 0.25) is 0 Å². The molecule has 1 heterocycles. The molecule has 3 rings (SSSR count). The van der Waals surface area contributed by atoms with Gasteiger partial charge in [0.25, 0.3) is 0 Å². The molecule has 0 spiro atoms. The van der Waals surface area contributed by atoms with Crippen LogP contribution < -0.4 is 14.8 Å². The molecule has 0 aliphatic heterocycles. The Morgan fingerprint density at radius 2 is 2.00 bits per heavy atom. The van der Waals surface area contributed by atoms with Gasteiger partial charge in [-0.05, 0) is 30.7 Å². The number of methoxy groups -OCH3 is 1. The van der Waals surface area contributed by atoms with Crippen molar-refractivity contribution in [1.82, 2.24) is 9.97 Å². The molecule has 0 atom stereocenters. The molecular weight excluding hydrogens is 361 g/mol. The summed E-state index contributed by atoms with van der Waals surface area (Å²) in [5.74, 6) is -0.0352. The lowest BCUT2D eigenvalue weighted by Crippen LogP contribution is -2.04. The van der Waals surface area contributed by atoms with E-state index < -0.39 is 11.8 Å². The van der Waals surface area contributed by atoms with Gasteiger partial charge in [-0.25, -0.2) is 14.4 Å². The number of anilines is 2. The molecule has 0 bridgehead atoms. The first kappa shape index (κ1) is 17.9. The molecule has 0 unspecified atom stereocenters. The second-order valence-electron chi connectivity index (χ2n) is 5.38. The van der Waals surface area contributed by atoms with Crippen molar-refractivity contribution < 1.29 is 18.7 Å². The summed E-state index contributed by atoms with van der Waals surface area (Å²) < 4.78 is 23.9. The molecule has 1 N–H and O–H groups in total. The summed E-state index contributed by atoms with van der Waals surface area (Å²) in [6.45, 7) is 5.08. The Hall–Kier alpha value is -2.93. The zero-order valence-corrected chi connectivity index (χ0v) is 14.7. The molecule has 0 amide bonds. The number of fused-ring (bicyclic) bond motifs is 1. The van der Waals surface area contributed by atoms with Crippen LogP contribution >= 0.6 is 11.6 Å². The van der Waals surface area contributed by atoms with Crippen molar-refractivity contribution in [1.29, 1.82) is 0 Å². The van der Waals surface area contributed by atoms with Crippen LogP contribution in [0.3, 0.4) is 0 Å². The molecule has 6 nitrogen and oxygen atoms in total. The van der Waals surface area contributed by atoms with Gasteiger partial charge < -0.3 is 14.8 Å². The molecule has 133 valence electrons. The molecule has 1 aromatic heterocycles. The summed E-state index contributed by atoms with van der Waals surface area (Å²) in [5, 5.41) is 3.59. The van der Waals surface area contributed by atoms with Gasteiger partial charge in [0.05, 0.1) is 17.6 Å². The second kappa shape index (κ2) is 7.13. The predicted molar refractivity (Wildman–Crippen MR) is 96.6 cm³/mol. The first-order chi connectivity index (χ1) is 12.4. The standard InChI is InChI=1S/C18H14ClFN3O3/c1-9-4-13(20)12(19)6-14(9)23-18-11-5-17(26-10(2)24)16(25-3)7-15(11)21-8-22-18/h4-8H,1H2,2-3H3,(H,21,22,23). The maximum absolute atomic E-state index is 13.5. The fourth-order valence-electron chi connectivity index (χ4n) is 2.39. The molecule has 2 aromatic carbocycles. The lowest BCUT2D eigenvalue weighted by Gasteiger charge is -2.14. The van der Waals surface area contributed by atoms with E-state index in [1.807, 2.05) is 0 Å². The van der Waals surface area contributed by atoms with E-state index in [2.05, 4.69) is 22.2 Å². The van der Waals surface area contributed by atoms with E-state index in [4.69, 9.17) is 21.1 Å². The third-order valence-electron chi connectivity index (χ3n) is 3.57. The average Bonchev–Trinajstić information content (AvgIpc) is 2.59. The molecule has 26 heavy (non-hydrogen) atoms. The summed E-state index contributed by atoms with van der Waals surface area (Å²) in [7, 11) is 1.46. The van der Waals surface area contributed by atoms with E-state index in [1.165, 1.54) is 32.5 Å². The SMILES string of the molecule is [CH2]c1cc(F)c(Cl)cc1Nc1ncnc2cc(OC)c(OC(C)=O)cc12. The monoisotopic (exact) mass is 374 g/mol. The number of aromatic nitrogens is 2. The molecule has 0 fully saturated rings. The van der Waals surface area contributed by atoms with E-state index in [1.54, 1.807) is 12.1 Å². The van der Waals surface area contributed by atoms with Gasteiger partial charge in [-0.1, -0.05) is 11.6 Å².